The monoisotopic (exact) mass is 357 g/mol. The van der Waals surface area contributed by atoms with E-state index in [0.29, 0.717) is 6.54 Å². The zero-order valence-electron chi connectivity index (χ0n) is 15.9. The number of rotatable bonds is 8. The van der Waals surface area contributed by atoms with E-state index < -0.39 is 0 Å². The van der Waals surface area contributed by atoms with Gasteiger partial charge in [0.15, 0.2) is 0 Å². The number of hydrogen-bond acceptors (Lipinski definition) is 3. The molecule has 0 spiro atoms. The van der Waals surface area contributed by atoms with Gasteiger partial charge in [0, 0.05) is 32.4 Å². The molecule has 0 aromatic heterocycles. The van der Waals surface area contributed by atoms with Crippen LogP contribution in [0.1, 0.15) is 31.0 Å². The lowest BCUT2D eigenvalue weighted by molar-refractivity contribution is -0.120. The van der Waals surface area contributed by atoms with Crippen molar-refractivity contribution in [1.82, 2.24) is 10.6 Å². The highest BCUT2D eigenvalue weighted by molar-refractivity contribution is 5.78. The molecular formula is C21H28FN3O. The van der Waals surface area contributed by atoms with E-state index in [2.05, 4.69) is 24.5 Å². The molecule has 0 aliphatic rings. The van der Waals surface area contributed by atoms with Crippen molar-refractivity contribution in [2.45, 2.75) is 26.4 Å². The van der Waals surface area contributed by atoms with E-state index in [-0.39, 0.29) is 30.2 Å². The standard InChI is InChI=1S/C21H28FN3O/c1-15(2)21(17-7-9-18(22)10-8-17)24-14-20(26)23-13-16-5-11-19(12-6-16)25(3)4/h5-12,15,21,24H,13-14H2,1-4H3,(H,23,26)/t21-/m0/s1. The SMILES string of the molecule is CC(C)[C@H](NCC(=O)NCc1ccc(N(C)C)cc1)c1ccc(F)cc1. The Hall–Kier alpha value is -2.40. The average molecular weight is 357 g/mol. The van der Waals surface area contributed by atoms with Gasteiger partial charge in [-0.05, 0) is 41.3 Å². The molecule has 1 atom stereocenters. The molecule has 0 bridgehead atoms. The molecule has 0 saturated carbocycles. The predicted octanol–water partition coefficient (Wildman–Crippen LogP) is 3.49. The van der Waals surface area contributed by atoms with Gasteiger partial charge in [-0.2, -0.15) is 0 Å². The highest BCUT2D eigenvalue weighted by atomic mass is 19.1. The molecule has 0 unspecified atom stereocenters. The van der Waals surface area contributed by atoms with Crippen LogP contribution < -0.4 is 15.5 Å². The van der Waals surface area contributed by atoms with Crippen LogP contribution in [0.15, 0.2) is 48.5 Å². The normalized spacial score (nSPS) is 12.1. The molecule has 140 valence electrons. The minimum Gasteiger partial charge on any atom is -0.378 e. The summed E-state index contributed by atoms with van der Waals surface area (Å²) in [4.78, 5) is 14.2. The molecule has 0 fully saturated rings. The number of nitrogens with one attached hydrogen (secondary N) is 2. The van der Waals surface area contributed by atoms with Crippen molar-refractivity contribution in [3.05, 3.63) is 65.5 Å². The maximum absolute atomic E-state index is 13.1. The highest BCUT2D eigenvalue weighted by Gasteiger charge is 2.16. The summed E-state index contributed by atoms with van der Waals surface area (Å²) in [5.41, 5.74) is 3.16. The molecule has 1 amide bonds. The quantitative estimate of drug-likeness (QED) is 0.760. The van der Waals surface area contributed by atoms with Gasteiger partial charge in [0.1, 0.15) is 5.82 Å². The first-order valence-electron chi connectivity index (χ1n) is 8.88. The second-order valence-electron chi connectivity index (χ2n) is 6.99. The van der Waals surface area contributed by atoms with Gasteiger partial charge in [0.2, 0.25) is 5.91 Å². The summed E-state index contributed by atoms with van der Waals surface area (Å²) in [5, 5.41) is 6.20. The Labute approximate surface area is 155 Å². The molecule has 0 heterocycles. The van der Waals surface area contributed by atoms with Crippen LogP contribution in [-0.4, -0.2) is 26.5 Å². The number of amides is 1. The maximum Gasteiger partial charge on any atom is 0.234 e. The van der Waals surface area contributed by atoms with Crippen molar-refractivity contribution >= 4 is 11.6 Å². The summed E-state index contributed by atoms with van der Waals surface area (Å²) in [6.07, 6.45) is 0. The van der Waals surface area contributed by atoms with E-state index >= 15 is 0 Å². The number of halogens is 1. The third-order valence-electron chi connectivity index (χ3n) is 4.32. The van der Waals surface area contributed by atoms with Crippen LogP contribution >= 0.6 is 0 Å². The number of nitrogens with zero attached hydrogens (tertiary/aromatic N) is 1. The molecule has 5 heteroatoms. The first-order chi connectivity index (χ1) is 12.4. The first-order valence-corrected chi connectivity index (χ1v) is 8.88. The van der Waals surface area contributed by atoms with E-state index in [1.54, 1.807) is 12.1 Å². The van der Waals surface area contributed by atoms with Gasteiger partial charge >= 0.3 is 0 Å². The fourth-order valence-corrected chi connectivity index (χ4v) is 2.79. The topological polar surface area (TPSA) is 44.4 Å². The Kier molecular flexibility index (Phi) is 7.16. The first kappa shape index (κ1) is 19.9. The summed E-state index contributed by atoms with van der Waals surface area (Å²) in [6, 6.07) is 14.5. The lowest BCUT2D eigenvalue weighted by Crippen LogP contribution is -2.37. The van der Waals surface area contributed by atoms with Crippen LogP contribution in [0.25, 0.3) is 0 Å². The lowest BCUT2D eigenvalue weighted by Gasteiger charge is -2.23. The van der Waals surface area contributed by atoms with Gasteiger partial charge in [-0.1, -0.05) is 38.1 Å². The van der Waals surface area contributed by atoms with Gasteiger partial charge in [0.05, 0.1) is 6.54 Å². The Morgan fingerprint density at radius 3 is 2.19 bits per heavy atom. The minimum absolute atomic E-state index is 0.000671. The second kappa shape index (κ2) is 9.34. The predicted molar refractivity (Wildman–Crippen MR) is 105 cm³/mol. The summed E-state index contributed by atoms with van der Waals surface area (Å²) in [7, 11) is 3.99. The van der Waals surface area contributed by atoms with Gasteiger partial charge < -0.3 is 15.5 Å². The van der Waals surface area contributed by atoms with E-state index in [9.17, 15) is 9.18 Å². The molecule has 2 aromatic carbocycles. The molecule has 4 nitrogen and oxygen atoms in total. The maximum atomic E-state index is 13.1. The van der Waals surface area contributed by atoms with Gasteiger partial charge in [0.25, 0.3) is 0 Å². The zero-order chi connectivity index (χ0) is 19.1. The zero-order valence-corrected chi connectivity index (χ0v) is 15.9. The smallest absolute Gasteiger partial charge is 0.234 e. The Morgan fingerprint density at radius 1 is 1.04 bits per heavy atom. The summed E-state index contributed by atoms with van der Waals surface area (Å²) >= 11 is 0. The minimum atomic E-state index is -0.255. The molecular weight excluding hydrogens is 329 g/mol. The lowest BCUT2D eigenvalue weighted by atomic mass is 9.96. The average Bonchev–Trinajstić information content (AvgIpc) is 2.61. The van der Waals surface area contributed by atoms with Gasteiger partial charge in [-0.25, -0.2) is 4.39 Å². The van der Waals surface area contributed by atoms with Crippen molar-refractivity contribution in [3.8, 4) is 0 Å². The second-order valence-corrected chi connectivity index (χ2v) is 6.99. The van der Waals surface area contributed by atoms with Crippen LogP contribution in [-0.2, 0) is 11.3 Å². The molecule has 2 aromatic rings. The number of carbonyl (C=O) groups is 1. The summed E-state index contributed by atoms with van der Waals surface area (Å²) in [5.74, 6) is -0.0319. The summed E-state index contributed by atoms with van der Waals surface area (Å²) in [6.45, 7) is 4.86. The number of carbonyl (C=O) groups excluding carboxylic acids is 1. The van der Waals surface area contributed by atoms with Crippen molar-refractivity contribution in [3.63, 3.8) is 0 Å². The molecule has 2 N–H and O–H groups in total. The van der Waals surface area contributed by atoms with Crippen molar-refractivity contribution in [1.29, 1.82) is 0 Å². The van der Waals surface area contributed by atoms with Crippen LogP contribution in [0, 0.1) is 11.7 Å². The van der Waals surface area contributed by atoms with E-state index in [1.807, 2.05) is 43.3 Å². The van der Waals surface area contributed by atoms with Crippen molar-refractivity contribution < 1.29 is 9.18 Å². The molecule has 0 aliphatic carbocycles. The van der Waals surface area contributed by atoms with E-state index in [0.717, 1.165) is 16.8 Å². The van der Waals surface area contributed by atoms with Crippen LogP contribution in [0.2, 0.25) is 0 Å². The largest absolute Gasteiger partial charge is 0.378 e. The van der Waals surface area contributed by atoms with Crippen LogP contribution in [0.4, 0.5) is 10.1 Å². The molecule has 2 rings (SSSR count). The highest BCUT2D eigenvalue weighted by Crippen LogP contribution is 2.21. The number of hydrogen-bond donors (Lipinski definition) is 2. The summed E-state index contributed by atoms with van der Waals surface area (Å²) < 4.78 is 13.1. The van der Waals surface area contributed by atoms with Crippen molar-refractivity contribution in [2.75, 3.05) is 25.5 Å². The number of anilines is 1. The molecule has 0 saturated heterocycles. The van der Waals surface area contributed by atoms with E-state index in [4.69, 9.17) is 0 Å². The fraction of sp³-hybridized carbons (Fsp3) is 0.381. The Morgan fingerprint density at radius 2 is 1.65 bits per heavy atom. The Balaban J connectivity index is 1.85. The van der Waals surface area contributed by atoms with E-state index in [1.165, 1.54) is 12.1 Å². The third-order valence-corrected chi connectivity index (χ3v) is 4.32. The number of benzene rings is 2. The van der Waals surface area contributed by atoms with Gasteiger partial charge in [-0.15, -0.1) is 0 Å². The van der Waals surface area contributed by atoms with Gasteiger partial charge in [-0.3, -0.25) is 4.79 Å². The Bertz CT molecular complexity index is 696. The van der Waals surface area contributed by atoms with Crippen molar-refractivity contribution in [2.24, 2.45) is 5.92 Å². The van der Waals surface area contributed by atoms with Crippen LogP contribution in [0.5, 0.6) is 0 Å². The molecule has 0 aliphatic heterocycles. The fourth-order valence-electron chi connectivity index (χ4n) is 2.79. The molecule has 26 heavy (non-hydrogen) atoms. The third kappa shape index (κ3) is 5.85. The van der Waals surface area contributed by atoms with Crippen LogP contribution in [0.3, 0.4) is 0 Å². The molecule has 0 radical (unpaired) electrons.